The van der Waals surface area contributed by atoms with Crippen LogP contribution < -0.4 is 15.1 Å². The molecule has 0 saturated carbocycles. The van der Waals surface area contributed by atoms with Gasteiger partial charge in [-0.3, -0.25) is 14.5 Å². The van der Waals surface area contributed by atoms with E-state index < -0.39 is 18.0 Å². The van der Waals surface area contributed by atoms with E-state index in [9.17, 15) is 18.8 Å². The zero-order valence-electron chi connectivity index (χ0n) is 13.4. The van der Waals surface area contributed by atoms with Gasteiger partial charge in [-0.25, -0.2) is 9.18 Å². The number of hydrogen-bond donors (Lipinski definition) is 1. The quantitative estimate of drug-likeness (QED) is 0.841. The van der Waals surface area contributed by atoms with E-state index in [0.717, 1.165) is 0 Å². The molecule has 128 valence electrons. The summed E-state index contributed by atoms with van der Waals surface area (Å²) in [5.74, 6) is -1.02. The van der Waals surface area contributed by atoms with Gasteiger partial charge in [0, 0.05) is 20.0 Å². The monoisotopic (exact) mass is 335 g/mol. The summed E-state index contributed by atoms with van der Waals surface area (Å²) in [4.78, 5) is 37.4. The van der Waals surface area contributed by atoms with E-state index in [-0.39, 0.29) is 36.6 Å². The lowest BCUT2D eigenvalue weighted by atomic mass is 10.00. The SMILES string of the molecule is CC(=O)NCC1COC(=O)N1c1ccc(N2CC(C)C2=O)c(F)c1. The van der Waals surface area contributed by atoms with Crippen molar-refractivity contribution in [3.63, 3.8) is 0 Å². The fourth-order valence-electron chi connectivity index (χ4n) is 2.87. The van der Waals surface area contributed by atoms with Crippen LogP contribution >= 0.6 is 0 Å². The van der Waals surface area contributed by atoms with Crippen LogP contribution in [0.3, 0.4) is 0 Å². The molecule has 2 aliphatic rings. The minimum absolute atomic E-state index is 0.0975. The maximum atomic E-state index is 14.4. The molecule has 3 rings (SSSR count). The highest BCUT2D eigenvalue weighted by molar-refractivity contribution is 6.01. The normalized spacial score (nSPS) is 23.1. The first-order chi connectivity index (χ1) is 11.4. The van der Waals surface area contributed by atoms with Gasteiger partial charge in [0.2, 0.25) is 11.8 Å². The first kappa shape index (κ1) is 16.2. The lowest BCUT2D eigenvalue weighted by molar-refractivity contribution is -0.126. The fourth-order valence-corrected chi connectivity index (χ4v) is 2.87. The molecule has 0 bridgehead atoms. The molecule has 2 fully saturated rings. The zero-order valence-corrected chi connectivity index (χ0v) is 13.4. The minimum atomic E-state index is -0.592. The van der Waals surface area contributed by atoms with E-state index in [2.05, 4.69) is 5.32 Å². The van der Waals surface area contributed by atoms with E-state index in [4.69, 9.17) is 4.74 Å². The van der Waals surface area contributed by atoms with Crippen LogP contribution in [0.2, 0.25) is 0 Å². The Hall–Kier alpha value is -2.64. The molecule has 1 aromatic rings. The first-order valence-electron chi connectivity index (χ1n) is 7.70. The van der Waals surface area contributed by atoms with Gasteiger partial charge in [0.25, 0.3) is 0 Å². The highest BCUT2D eigenvalue weighted by Gasteiger charge is 2.37. The van der Waals surface area contributed by atoms with Crippen LogP contribution in [0.1, 0.15) is 13.8 Å². The summed E-state index contributed by atoms with van der Waals surface area (Å²) in [5, 5.41) is 2.62. The molecule has 1 aromatic carbocycles. The second kappa shape index (κ2) is 6.10. The third kappa shape index (κ3) is 2.79. The average Bonchev–Trinajstić information content (AvgIpc) is 2.91. The molecule has 2 heterocycles. The van der Waals surface area contributed by atoms with Crippen molar-refractivity contribution in [3.8, 4) is 0 Å². The van der Waals surface area contributed by atoms with Crippen LogP contribution in [0.4, 0.5) is 20.6 Å². The van der Waals surface area contributed by atoms with Crippen molar-refractivity contribution in [3.05, 3.63) is 24.0 Å². The number of benzene rings is 1. The molecule has 0 spiro atoms. The van der Waals surface area contributed by atoms with E-state index in [1.165, 1.54) is 28.9 Å². The van der Waals surface area contributed by atoms with Crippen LogP contribution in [-0.2, 0) is 14.3 Å². The predicted octanol–water partition coefficient (Wildman–Crippen LogP) is 1.27. The largest absolute Gasteiger partial charge is 0.447 e. The standard InChI is InChI=1S/C16H18FN3O4/c1-9-7-19(15(9)22)14-4-3-11(5-13(14)17)20-12(6-18-10(2)21)8-24-16(20)23/h3-5,9,12H,6-8H2,1-2H3,(H,18,21). The average molecular weight is 335 g/mol. The summed E-state index contributed by atoms with van der Waals surface area (Å²) < 4.78 is 19.4. The Morgan fingerprint density at radius 3 is 2.75 bits per heavy atom. The van der Waals surface area contributed by atoms with Gasteiger partial charge in [-0.05, 0) is 18.2 Å². The molecular formula is C16H18FN3O4. The third-order valence-corrected chi connectivity index (χ3v) is 4.19. The summed E-state index contributed by atoms with van der Waals surface area (Å²) in [5.41, 5.74) is 0.531. The molecular weight excluding hydrogens is 317 g/mol. The second-order valence-electron chi connectivity index (χ2n) is 6.02. The summed E-state index contributed by atoms with van der Waals surface area (Å²) in [6, 6.07) is 3.86. The number of cyclic esters (lactones) is 1. The van der Waals surface area contributed by atoms with Gasteiger partial charge in [0.1, 0.15) is 12.4 Å². The molecule has 0 aromatic heterocycles. The van der Waals surface area contributed by atoms with Gasteiger partial charge in [-0.2, -0.15) is 0 Å². The fraction of sp³-hybridized carbons (Fsp3) is 0.438. The molecule has 2 unspecified atom stereocenters. The second-order valence-corrected chi connectivity index (χ2v) is 6.02. The number of rotatable bonds is 4. The third-order valence-electron chi connectivity index (χ3n) is 4.19. The van der Waals surface area contributed by atoms with Crippen molar-refractivity contribution >= 4 is 29.3 Å². The molecule has 8 heteroatoms. The molecule has 2 aliphatic heterocycles. The number of anilines is 2. The molecule has 1 N–H and O–H groups in total. The van der Waals surface area contributed by atoms with E-state index in [1.807, 2.05) is 0 Å². The van der Waals surface area contributed by atoms with Gasteiger partial charge < -0.3 is 15.0 Å². The Bertz CT molecular complexity index is 709. The van der Waals surface area contributed by atoms with Crippen molar-refractivity contribution < 1.29 is 23.5 Å². The Morgan fingerprint density at radius 1 is 1.42 bits per heavy atom. The summed E-state index contributed by atoms with van der Waals surface area (Å²) >= 11 is 0. The summed E-state index contributed by atoms with van der Waals surface area (Å²) in [7, 11) is 0. The van der Waals surface area contributed by atoms with Crippen molar-refractivity contribution in [1.29, 1.82) is 0 Å². The van der Waals surface area contributed by atoms with Crippen molar-refractivity contribution in [2.45, 2.75) is 19.9 Å². The number of halogens is 1. The number of nitrogens with zero attached hydrogens (tertiary/aromatic N) is 2. The highest BCUT2D eigenvalue weighted by Crippen LogP contribution is 2.32. The Balaban J connectivity index is 1.80. The van der Waals surface area contributed by atoms with Crippen LogP contribution in [0, 0.1) is 11.7 Å². The topological polar surface area (TPSA) is 79.0 Å². The number of carbonyl (C=O) groups is 3. The molecule has 3 amide bonds. The lowest BCUT2D eigenvalue weighted by Crippen LogP contribution is -2.51. The number of ether oxygens (including phenoxy) is 1. The van der Waals surface area contributed by atoms with Crippen LogP contribution in [0.5, 0.6) is 0 Å². The van der Waals surface area contributed by atoms with Gasteiger partial charge in [-0.1, -0.05) is 6.92 Å². The Morgan fingerprint density at radius 2 is 2.17 bits per heavy atom. The summed E-state index contributed by atoms with van der Waals surface area (Å²) in [6.07, 6.45) is -0.592. The molecule has 7 nitrogen and oxygen atoms in total. The van der Waals surface area contributed by atoms with E-state index in [1.54, 1.807) is 13.0 Å². The smallest absolute Gasteiger partial charge is 0.414 e. The number of nitrogens with one attached hydrogen (secondary N) is 1. The maximum absolute atomic E-state index is 14.4. The zero-order chi connectivity index (χ0) is 17.4. The molecule has 0 aliphatic carbocycles. The molecule has 0 radical (unpaired) electrons. The minimum Gasteiger partial charge on any atom is -0.447 e. The highest BCUT2D eigenvalue weighted by atomic mass is 19.1. The predicted molar refractivity (Wildman–Crippen MR) is 84.2 cm³/mol. The van der Waals surface area contributed by atoms with Crippen molar-refractivity contribution in [2.24, 2.45) is 5.92 Å². The van der Waals surface area contributed by atoms with Gasteiger partial charge in [-0.15, -0.1) is 0 Å². The Labute approximate surface area is 138 Å². The first-order valence-corrected chi connectivity index (χ1v) is 7.70. The van der Waals surface area contributed by atoms with Crippen LogP contribution in [0.25, 0.3) is 0 Å². The lowest BCUT2D eigenvalue weighted by Gasteiger charge is -2.36. The van der Waals surface area contributed by atoms with Crippen molar-refractivity contribution in [2.75, 3.05) is 29.5 Å². The summed E-state index contributed by atoms with van der Waals surface area (Å²) in [6.45, 7) is 3.97. The van der Waals surface area contributed by atoms with Gasteiger partial charge >= 0.3 is 6.09 Å². The maximum Gasteiger partial charge on any atom is 0.414 e. The number of β-lactam (4-membered cyclic amide) rings is 1. The molecule has 2 saturated heterocycles. The van der Waals surface area contributed by atoms with Crippen molar-refractivity contribution in [1.82, 2.24) is 5.32 Å². The Kier molecular flexibility index (Phi) is 4.13. The van der Waals surface area contributed by atoms with Crippen LogP contribution in [-0.4, -0.2) is 43.6 Å². The number of carbonyl (C=O) groups excluding carboxylic acids is 3. The number of amides is 3. The van der Waals surface area contributed by atoms with Gasteiger partial charge in [0.15, 0.2) is 0 Å². The molecule has 24 heavy (non-hydrogen) atoms. The van der Waals surface area contributed by atoms with Gasteiger partial charge in [0.05, 0.1) is 23.3 Å². The van der Waals surface area contributed by atoms with E-state index >= 15 is 0 Å². The van der Waals surface area contributed by atoms with E-state index in [0.29, 0.717) is 12.2 Å². The molecule has 2 atom stereocenters. The van der Waals surface area contributed by atoms with Crippen LogP contribution in [0.15, 0.2) is 18.2 Å². The number of hydrogen-bond acceptors (Lipinski definition) is 4.